The summed E-state index contributed by atoms with van der Waals surface area (Å²) in [6.07, 6.45) is -0.660. The van der Waals surface area contributed by atoms with Gasteiger partial charge in [0.2, 0.25) is 5.91 Å². The standard InChI is InChI=1S/C13H13N3O5/c1-21-10-6-8(7-14)2-3-9(10)15-13(20)16-11(17)4-5-12(18)19/h2-3,6H,4-5H2,1H3,(H,18,19)(H2,15,16,17,20). The minimum absolute atomic E-state index is 0.266. The molecule has 0 unspecified atom stereocenters. The number of carbonyl (C=O) groups excluding carboxylic acids is 2. The molecule has 1 aromatic carbocycles. The zero-order valence-corrected chi connectivity index (χ0v) is 11.2. The van der Waals surface area contributed by atoms with Gasteiger partial charge in [-0.15, -0.1) is 0 Å². The number of methoxy groups -OCH3 is 1. The van der Waals surface area contributed by atoms with Crippen LogP contribution in [0.1, 0.15) is 18.4 Å². The Hall–Kier alpha value is -3.08. The Morgan fingerprint density at radius 3 is 2.62 bits per heavy atom. The lowest BCUT2D eigenvalue weighted by Crippen LogP contribution is -2.34. The number of carbonyl (C=O) groups is 3. The van der Waals surface area contributed by atoms with E-state index < -0.39 is 17.9 Å². The number of anilines is 1. The maximum Gasteiger partial charge on any atom is 0.325 e. The number of aliphatic carboxylic acids is 1. The van der Waals surface area contributed by atoms with Crippen LogP contribution in [0.5, 0.6) is 5.75 Å². The maximum atomic E-state index is 11.6. The molecule has 0 aliphatic carbocycles. The van der Waals surface area contributed by atoms with Crippen molar-refractivity contribution in [1.29, 1.82) is 5.26 Å². The van der Waals surface area contributed by atoms with E-state index in [1.54, 1.807) is 0 Å². The van der Waals surface area contributed by atoms with Crippen molar-refractivity contribution >= 4 is 23.6 Å². The number of nitrogens with zero attached hydrogens (tertiary/aromatic N) is 1. The Kier molecular flexibility index (Phi) is 5.70. The number of rotatable bonds is 5. The van der Waals surface area contributed by atoms with E-state index in [0.29, 0.717) is 5.56 Å². The fourth-order valence-corrected chi connectivity index (χ4v) is 1.43. The van der Waals surface area contributed by atoms with E-state index in [2.05, 4.69) is 5.32 Å². The number of nitriles is 1. The second kappa shape index (κ2) is 7.49. The average molecular weight is 291 g/mol. The number of ether oxygens (including phenoxy) is 1. The number of amides is 3. The number of hydrogen-bond acceptors (Lipinski definition) is 5. The summed E-state index contributed by atoms with van der Waals surface area (Å²) >= 11 is 0. The Bertz CT molecular complexity index is 606. The Balaban J connectivity index is 2.65. The molecule has 8 heteroatoms. The number of nitrogens with one attached hydrogen (secondary N) is 2. The molecular formula is C13H13N3O5. The summed E-state index contributed by atoms with van der Waals surface area (Å²) in [6, 6.07) is 5.48. The topological polar surface area (TPSA) is 129 Å². The molecule has 0 aliphatic heterocycles. The highest BCUT2D eigenvalue weighted by molar-refractivity contribution is 6.02. The van der Waals surface area contributed by atoms with Gasteiger partial charge in [-0.05, 0) is 12.1 Å². The van der Waals surface area contributed by atoms with Gasteiger partial charge in [-0.1, -0.05) is 0 Å². The molecule has 110 valence electrons. The lowest BCUT2D eigenvalue weighted by atomic mass is 10.2. The zero-order chi connectivity index (χ0) is 15.8. The number of carboxylic acid groups (broad SMARTS) is 1. The third-order valence-corrected chi connectivity index (χ3v) is 2.40. The van der Waals surface area contributed by atoms with Crippen molar-refractivity contribution in [2.24, 2.45) is 0 Å². The van der Waals surface area contributed by atoms with Crippen molar-refractivity contribution in [1.82, 2.24) is 5.32 Å². The maximum absolute atomic E-state index is 11.6. The minimum atomic E-state index is -1.13. The largest absolute Gasteiger partial charge is 0.495 e. The molecule has 0 fully saturated rings. The molecule has 0 aliphatic rings. The normalized spacial score (nSPS) is 9.33. The number of benzene rings is 1. The number of urea groups is 1. The average Bonchev–Trinajstić information content (AvgIpc) is 2.45. The number of carboxylic acids is 1. The first kappa shape index (κ1) is 16.0. The van der Waals surface area contributed by atoms with Crippen molar-refractivity contribution in [3.8, 4) is 11.8 Å². The van der Waals surface area contributed by atoms with Crippen molar-refractivity contribution in [3.63, 3.8) is 0 Å². The van der Waals surface area contributed by atoms with E-state index in [0.717, 1.165) is 0 Å². The molecule has 0 bridgehead atoms. The molecule has 0 spiro atoms. The first-order valence-corrected chi connectivity index (χ1v) is 5.87. The number of imide groups is 1. The van der Waals surface area contributed by atoms with E-state index >= 15 is 0 Å². The molecule has 3 amide bonds. The zero-order valence-electron chi connectivity index (χ0n) is 11.2. The van der Waals surface area contributed by atoms with Crippen molar-refractivity contribution < 1.29 is 24.2 Å². The summed E-state index contributed by atoms with van der Waals surface area (Å²) in [4.78, 5) is 33.2. The highest BCUT2D eigenvalue weighted by Gasteiger charge is 2.12. The molecule has 0 radical (unpaired) electrons. The molecule has 1 rings (SSSR count). The quantitative estimate of drug-likeness (QED) is 0.744. The highest BCUT2D eigenvalue weighted by atomic mass is 16.5. The van der Waals surface area contributed by atoms with Crippen LogP contribution >= 0.6 is 0 Å². The van der Waals surface area contributed by atoms with Gasteiger partial charge in [-0.25, -0.2) is 4.79 Å². The first-order valence-electron chi connectivity index (χ1n) is 5.87. The Morgan fingerprint density at radius 1 is 1.33 bits per heavy atom. The fraction of sp³-hybridized carbons (Fsp3) is 0.231. The predicted octanol–water partition coefficient (Wildman–Crippen LogP) is 1.08. The van der Waals surface area contributed by atoms with E-state index in [9.17, 15) is 14.4 Å². The molecular weight excluding hydrogens is 278 g/mol. The van der Waals surface area contributed by atoms with Crippen LogP contribution in [0.15, 0.2) is 18.2 Å². The van der Waals surface area contributed by atoms with Crippen LogP contribution in [0.25, 0.3) is 0 Å². The molecule has 8 nitrogen and oxygen atoms in total. The molecule has 3 N–H and O–H groups in total. The van der Waals surface area contributed by atoms with Crippen LogP contribution in [0.3, 0.4) is 0 Å². The van der Waals surface area contributed by atoms with Crippen LogP contribution in [-0.2, 0) is 9.59 Å². The highest BCUT2D eigenvalue weighted by Crippen LogP contribution is 2.25. The SMILES string of the molecule is COc1cc(C#N)ccc1NC(=O)NC(=O)CCC(=O)O. The van der Waals surface area contributed by atoms with Gasteiger partial charge in [0.1, 0.15) is 5.75 Å². The van der Waals surface area contributed by atoms with E-state index in [4.69, 9.17) is 15.1 Å². The monoisotopic (exact) mass is 291 g/mol. The third-order valence-electron chi connectivity index (χ3n) is 2.40. The van der Waals surface area contributed by atoms with Gasteiger partial charge in [0.25, 0.3) is 0 Å². The van der Waals surface area contributed by atoms with Crippen LogP contribution in [-0.4, -0.2) is 30.1 Å². The predicted molar refractivity (Wildman–Crippen MR) is 71.7 cm³/mol. The van der Waals surface area contributed by atoms with Gasteiger partial charge in [0.05, 0.1) is 30.9 Å². The van der Waals surface area contributed by atoms with Crippen molar-refractivity contribution in [2.45, 2.75) is 12.8 Å². The van der Waals surface area contributed by atoms with E-state index in [1.807, 2.05) is 11.4 Å². The van der Waals surface area contributed by atoms with Gasteiger partial charge in [0.15, 0.2) is 0 Å². The molecule has 1 aromatic rings. The van der Waals surface area contributed by atoms with Gasteiger partial charge in [-0.3, -0.25) is 14.9 Å². The third kappa shape index (κ3) is 5.20. The van der Waals surface area contributed by atoms with Gasteiger partial charge in [-0.2, -0.15) is 5.26 Å². The smallest absolute Gasteiger partial charge is 0.325 e. The van der Waals surface area contributed by atoms with Gasteiger partial charge in [0, 0.05) is 12.5 Å². The summed E-state index contributed by atoms with van der Waals surface area (Å²) in [5.41, 5.74) is 0.635. The van der Waals surface area contributed by atoms with E-state index in [-0.39, 0.29) is 24.3 Å². The fourth-order valence-electron chi connectivity index (χ4n) is 1.43. The molecule has 0 heterocycles. The molecule has 0 saturated carbocycles. The summed E-state index contributed by atoms with van der Waals surface area (Å²) in [5.74, 6) is -1.57. The molecule has 0 aromatic heterocycles. The molecule has 0 atom stereocenters. The van der Waals surface area contributed by atoms with E-state index in [1.165, 1.54) is 25.3 Å². The number of hydrogen-bond donors (Lipinski definition) is 3. The lowest BCUT2D eigenvalue weighted by Gasteiger charge is -2.10. The summed E-state index contributed by atoms with van der Waals surface area (Å²) in [5, 5.41) is 21.6. The summed E-state index contributed by atoms with van der Waals surface area (Å²) in [7, 11) is 1.37. The van der Waals surface area contributed by atoms with Gasteiger partial charge < -0.3 is 15.2 Å². The Morgan fingerprint density at radius 2 is 2.05 bits per heavy atom. The van der Waals surface area contributed by atoms with Crippen LogP contribution in [0.2, 0.25) is 0 Å². The van der Waals surface area contributed by atoms with Crippen LogP contribution < -0.4 is 15.4 Å². The molecule has 0 saturated heterocycles. The van der Waals surface area contributed by atoms with Crippen molar-refractivity contribution in [3.05, 3.63) is 23.8 Å². The second-order valence-electron chi connectivity index (χ2n) is 3.92. The first-order chi connectivity index (χ1) is 9.96. The van der Waals surface area contributed by atoms with Crippen LogP contribution in [0.4, 0.5) is 10.5 Å². The van der Waals surface area contributed by atoms with Gasteiger partial charge >= 0.3 is 12.0 Å². The minimum Gasteiger partial charge on any atom is -0.495 e. The van der Waals surface area contributed by atoms with Crippen LogP contribution in [0, 0.1) is 11.3 Å². The molecule has 21 heavy (non-hydrogen) atoms. The van der Waals surface area contributed by atoms with Crippen molar-refractivity contribution in [2.75, 3.05) is 12.4 Å². The Labute approximate surface area is 120 Å². The lowest BCUT2D eigenvalue weighted by molar-refractivity contribution is -0.138. The summed E-state index contributed by atoms with van der Waals surface area (Å²) in [6.45, 7) is 0. The summed E-state index contributed by atoms with van der Waals surface area (Å²) < 4.78 is 5.02. The second-order valence-corrected chi connectivity index (χ2v) is 3.92.